The van der Waals surface area contributed by atoms with Gasteiger partial charge in [-0.25, -0.2) is 0 Å². The van der Waals surface area contributed by atoms with Crippen molar-refractivity contribution in [2.75, 3.05) is 6.54 Å². The topological polar surface area (TPSA) is 81.7 Å². The van der Waals surface area contributed by atoms with Gasteiger partial charge in [0.05, 0.1) is 12.7 Å². The van der Waals surface area contributed by atoms with Crippen LogP contribution in [-0.2, 0) is 16.1 Å². The van der Waals surface area contributed by atoms with Gasteiger partial charge in [0.15, 0.2) is 5.76 Å². The van der Waals surface area contributed by atoms with Gasteiger partial charge in [0.25, 0.3) is 5.91 Å². The van der Waals surface area contributed by atoms with Crippen LogP contribution in [0.1, 0.15) is 22.7 Å². The molecule has 0 saturated heterocycles. The highest BCUT2D eigenvalue weighted by atomic mass is 16.5. The van der Waals surface area contributed by atoms with E-state index in [0.29, 0.717) is 5.76 Å². The minimum atomic E-state index is -0.412. The smallest absolute Gasteiger partial charge is 0.308 e. The molecular weight excluding hydrogens is 298 g/mol. The first kappa shape index (κ1) is 14.9. The zero-order valence-corrected chi connectivity index (χ0v) is 12.3. The summed E-state index contributed by atoms with van der Waals surface area (Å²) in [6, 6.07) is 12.6. The Hall–Kier alpha value is -3.02. The second-order valence-corrected chi connectivity index (χ2v) is 4.89. The van der Waals surface area contributed by atoms with E-state index in [1.54, 1.807) is 12.1 Å². The fraction of sp³-hybridized carbons (Fsp3) is 0.176. The number of para-hydroxylation sites is 1. The fourth-order valence-corrected chi connectivity index (χ4v) is 2.10. The summed E-state index contributed by atoms with van der Waals surface area (Å²) in [5, 5.41) is 3.54. The second-order valence-electron chi connectivity index (χ2n) is 4.89. The maximum atomic E-state index is 11.7. The van der Waals surface area contributed by atoms with Gasteiger partial charge in [-0.2, -0.15) is 0 Å². The summed E-state index contributed by atoms with van der Waals surface area (Å²) < 4.78 is 15.6. The number of fused-ring (bicyclic) bond motifs is 1. The van der Waals surface area contributed by atoms with Gasteiger partial charge in [-0.05, 0) is 24.3 Å². The number of furan rings is 2. The van der Waals surface area contributed by atoms with E-state index in [1.165, 1.54) is 6.26 Å². The molecule has 0 bridgehead atoms. The lowest BCUT2D eigenvalue weighted by molar-refractivity contribution is -0.145. The molecule has 2 aromatic heterocycles. The van der Waals surface area contributed by atoms with Gasteiger partial charge < -0.3 is 18.9 Å². The highest BCUT2D eigenvalue weighted by molar-refractivity contribution is 5.91. The Kier molecular flexibility index (Phi) is 4.42. The molecule has 0 atom stereocenters. The molecule has 0 fully saturated rings. The number of esters is 1. The first-order valence-corrected chi connectivity index (χ1v) is 7.17. The van der Waals surface area contributed by atoms with Gasteiger partial charge in [-0.15, -0.1) is 0 Å². The van der Waals surface area contributed by atoms with Crippen LogP contribution >= 0.6 is 0 Å². The van der Waals surface area contributed by atoms with E-state index < -0.39 is 5.97 Å². The number of amides is 1. The lowest BCUT2D eigenvalue weighted by atomic mass is 10.2. The first-order valence-electron chi connectivity index (χ1n) is 7.17. The summed E-state index contributed by atoms with van der Waals surface area (Å²) >= 11 is 0. The van der Waals surface area contributed by atoms with Crippen molar-refractivity contribution in [1.82, 2.24) is 5.32 Å². The van der Waals surface area contributed by atoms with Gasteiger partial charge in [-0.3, -0.25) is 9.59 Å². The molecule has 6 heteroatoms. The molecular formula is C17H15NO5. The Bertz CT molecular complexity index is 770. The molecule has 1 N–H and O–H groups in total. The van der Waals surface area contributed by atoms with Crippen molar-refractivity contribution in [2.24, 2.45) is 0 Å². The molecule has 0 aliphatic carbocycles. The number of carbonyl (C=O) groups is 2. The van der Waals surface area contributed by atoms with E-state index in [9.17, 15) is 9.59 Å². The first-order chi connectivity index (χ1) is 11.2. The van der Waals surface area contributed by atoms with E-state index in [0.717, 1.165) is 11.0 Å². The Labute approximate surface area is 132 Å². The predicted molar refractivity (Wildman–Crippen MR) is 81.7 cm³/mol. The number of carbonyl (C=O) groups excluding carboxylic acids is 2. The Morgan fingerprint density at radius 3 is 2.78 bits per heavy atom. The van der Waals surface area contributed by atoms with Crippen LogP contribution in [0.25, 0.3) is 11.0 Å². The molecule has 3 aromatic rings. The highest BCUT2D eigenvalue weighted by Crippen LogP contribution is 2.19. The fourth-order valence-electron chi connectivity index (χ4n) is 2.10. The summed E-state index contributed by atoms with van der Waals surface area (Å²) in [6.07, 6.45) is 1.49. The summed E-state index contributed by atoms with van der Waals surface area (Å²) in [5.41, 5.74) is 0.754. The van der Waals surface area contributed by atoms with E-state index >= 15 is 0 Å². The monoisotopic (exact) mass is 313 g/mol. The van der Waals surface area contributed by atoms with Crippen LogP contribution in [0, 0.1) is 0 Å². The maximum Gasteiger partial charge on any atom is 0.308 e. The molecule has 2 heterocycles. The summed E-state index contributed by atoms with van der Waals surface area (Å²) in [4.78, 5) is 23.3. The zero-order chi connectivity index (χ0) is 16.1. The van der Waals surface area contributed by atoms with Gasteiger partial charge in [0, 0.05) is 11.9 Å². The molecule has 0 saturated carbocycles. The van der Waals surface area contributed by atoms with Crippen molar-refractivity contribution < 1.29 is 23.2 Å². The lowest BCUT2D eigenvalue weighted by Crippen LogP contribution is -2.26. The van der Waals surface area contributed by atoms with Crippen LogP contribution in [0.3, 0.4) is 0 Å². The van der Waals surface area contributed by atoms with Gasteiger partial charge in [0.2, 0.25) is 0 Å². The van der Waals surface area contributed by atoms with E-state index in [1.807, 2.05) is 30.3 Å². The van der Waals surface area contributed by atoms with Crippen molar-refractivity contribution in [3.05, 3.63) is 60.2 Å². The minimum Gasteiger partial charge on any atom is -0.459 e. The van der Waals surface area contributed by atoms with Crippen molar-refractivity contribution in [3.63, 3.8) is 0 Å². The van der Waals surface area contributed by atoms with Gasteiger partial charge >= 0.3 is 5.97 Å². The number of benzene rings is 1. The molecule has 23 heavy (non-hydrogen) atoms. The zero-order valence-electron chi connectivity index (χ0n) is 12.3. The average Bonchev–Trinajstić information content (AvgIpc) is 3.21. The van der Waals surface area contributed by atoms with Crippen LogP contribution in [0.5, 0.6) is 0 Å². The summed E-state index contributed by atoms with van der Waals surface area (Å²) in [7, 11) is 0. The van der Waals surface area contributed by atoms with Crippen molar-refractivity contribution >= 4 is 22.8 Å². The molecule has 1 amide bonds. The SMILES string of the molecule is O=C(CCNC(=O)c1ccco1)OCc1cc2ccccc2o1. The second kappa shape index (κ2) is 6.83. The molecule has 0 spiro atoms. The quantitative estimate of drug-likeness (QED) is 0.708. The standard InChI is InChI=1S/C17H15NO5/c19-16(7-8-18-17(20)15-6-3-9-21-15)22-11-13-10-12-4-1-2-5-14(12)23-13/h1-6,9-10H,7-8,11H2,(H,18,20). The maximum absolute atomic E-state index is 11.7. The third kappa shape index (κ3) is 3.79. The van der Waals surface area contributed by atoms with Crippen LogP contribution in [0.15, 0.2) is 57.6 Å². The van der Waals surface area contributed by atoms with E-state index in [2.05, 4.69) is 5.32 Å². The number of rotatable bonds is 6. The summed E-state index contributed by atoms with van der Waals surface area (Å²) in [5.74, 6) is 0.0186. The molecule has 0 aliphatic rings. The third-order valence-electron chi connectivity index (χ3n) is 3.21. The third-order valence-corrected chi connectivity index (χ3v) is 3.21. The minimum absolute atomic E-state index is 0.0691. The van der Waals surface area contributed by atoms with Crippen LogP contribution in [0.2, 0.25) is 0 Å². The number of hydrogen-bond donors (Lipinski definition) is 1. The Morgan fingerprint density at radius 2 is 2.00 bits per heavy atom. The average molecular weight is 313 g/mol. The van der Waals surface area contributed by atoms with Crippen LogP contribution in [-0.4, -0.2) is 18.4 Å². The highest BCUT2D eigenvalue weighted by Gasteiger charge is 2.10. The summed E-state index contributed by atoms with van der Waals surface area (Å²) in [6.45, 7) is 0.248. The molecule has 0 aliphatic heterocycles. The molecule has 6 nitrogen and oxygen atoms in total. The van der Waals surface area contributed by atoms with Crippen molar-refractivity contribution in [3.8, 4) is 0 Å². The molecule has 118 valence electrons. The molecule has 0 unspecified atom stereocenters. The van der Waals surface area contributed by atoms with Gasteiger partial charge in [-0.1, -0.05) is 18.2 Å². The Morgan fingerprint density at radius 1 is 1.13 bits per heavy atom. The number of nitrogens with one attached hydrogen (secondary N) is 1. The lowest BCUT2D eigenvalue weighted by Gasteiger charge is -2.04. The Balaban J connectivity index is 1.42. The molecule has 1 aromatic carbocycles. The largest absolute Gasteiger partial charge is 0.459 e. The number of hydrogen-bond acceptors (Lipinski definition) is 5. The predicted octanol–water partition coefficient (Wildman–Crippen LogP) is 2.89. The van der Waals surface area contributed by atoms with E-state index in [4.69, 9.17) is 13.6 Å². The van der Waals surface area contributed by atoms with Crippen molar-refractivity contribution in [1.29, 1.82) is 0 Å². The van der Waals surface area contributed by atoms with E-state index in [-0.39, 0.29) is 31.2 Å². The normalized spacial score (nSPS) is 10.6. The van der Waals surface area contributed by atoms with Crippen LogP contribution in [0.4, 0.5) is 0 Å². The molecule has 3 rings (SSSR count). The van der Waals surface area contributed by atoms with Gasteiger partial charge in [0.1, 0.15) is 18.0 Å². The van der Waals surface area contributed by atoms with Crippen molar-refractivity contribution in [2.45, 2.75) is 13.0 Å². The van der Waals surface area contributed by atoms with Crippen LogP contribution < -0.4 is 5.32 Å². The molecule has 0 radical (unpaired) electrons. The number of ether oxygens (including phenoxy) is 1.